The summed E-state index contributed by atoms with van der Waals surface area (Å²) in [6.45, 7) is 7.53. The predicted octanol–water partition coefficient (Wildman–Crippen LogP) is 4.55. The fraction of sp³-hybridized carbons (Fsp3) is 0.273. The van der Waals surface area contributed by atoms with Crippen molar-refractivity contribution >= 4 is 11.8 Å². The second-order valence-electron chi connectivity index (χ2n) is 6.63. The zero-order valence-electron chi connectivity index (χ0n) is 17.3. The van der Waals surface area contributed by atoms with Gasteiger partial charge < -0.3 is 9.30 Å². The molecular weight excluding hydrogens is 396 g/mol. The molecule has 0 aliphatic carbocycles. The van der Waals surface area contributed by atoms with Crippen LogP contribution in [0.15, 0.2) is 59.8 Å². The highest BCUT2D eigenvalue weighted by molar-refractivity contribution is 7.98. The Morgan fingerprint density at radius 2 is 1.67 bits per heavy atom. The maximum absolute atomic E-state index is 5.59. The van der Waals surface area contributed by atoms with E-state index in [1.54, 1.807) is 11.8 Å². The Balaban J connectivity index is 1.70. The molecule has 0 fully saturated rings. The summed E-state index contributed by atoms with van der Waals surface area (Å²) in [6, 6.07) is 18.1. The topological polar surface area (TPSA) is 70.7 Å². The number of aromatic nitrogens is 6. The van der Waals surface area contributed by atoms with Gasteiger partial charge in [0.2, 0.25) is 0 Å². The van der Waals surface area contributed by atoms with Gasteiger partial charge in [-0.15, -0.1) is 20.4 Å². The molecule has 4 aromatic rings. The average Bonchev–Trinajstić information content (AvgIpc) is 3.36. The fourth-order valence-corrected chi connectivity index (χ4v) is 4.19. The second-order valence-corrected chi connectivity index (χ2v) is 7.57. The molecule has 0 radical (unpaired) electrons. The van der Waals surface area contributed by atoms with Gasteiger partial charge in [0, 0.05) is 17.8 Å². The summed E-state index contributed by atoms with van der Waals surface area (Å²) in [5.74, 6) is 4.17. The number of nitrogens with zero attached hydrogens (tertiary/aromatic N) is 6. The first kappa shape index (κ1) is 20.2. The van der Waals surface area contributed by atoms with E-state index >= 15 is 0 Å². The minimum atomic E-state index is 0.639. The SMILES string of the molecule is CCOc1ccc(-n2c(SCc3nnc(C)n3CC)nnc2-c2ccccc2)cc1. The third kappa shape index (κ3) is 4.09. The highest BCUT2D eigenvalue weighted by Crippen LogP contribution is 2.30. The van der Waals surface area contributed by atoms with Crippen molar-refractivity contribution in [2.45, 2.75) is 38.2 Å². The van der Waals surface area contributed by atoms with Crippen molar-refractivity contribution in [3.8, 4) is 22.8 Å². The summed E-state index contributed by atoms with van der Waals surface area (Å²) in [5.41, 5.74) is 2.00. The zero-order valence-corrected chi connectivity index (χ0v) is 18.1. The zero-order chi connectivity index (χ0) is 20.9. The Morgan fingerprint density at radius 1 is 0.900 bits per heavy atom. The lowest BCUT2D eigenvalue weighted by atomic mass is 10.2. The maximum Gasteiger partial charge on any atom is 0.196 e. The number of benzene rings is 2. The Bertz CT molecular complexity index is 1100. The van der Waals surface area contributed by atoms with E-state index in [0.717, 1.165) is 46.2 Å². The number of thioether (sulfide) groups is 1. The summed E-state index contributed by atoms with van der Waals surface area (Å²) in [5, 5.41) is 18.3. The molecule has 0 atom stereocenters. The van der Waals surface area contributed by atoms with Gasteiger partial charge in [0.25, 0.3) is 0 Å². The molecule has 0 amide bonds. The van der Waals surface area contributed by atoms with E-state index in [2.05, 4.69) is 36.5 Å². The molecule has 154 valence electrons. The van der Waals surface area contributed by atoms with Gasteiger partial charge in [0.1, 0.15) is 17.4 Å². The maximum atomic E-state index is 5.59. The largest absolute Gasteiger partial charge is 0.494 e. The lowest BCUT2D eigenvalue weighted by Gasteiger charge is -2.11. The van der Waals surface area contributed by atoms with Crippen LogP contribution in [-0.4, -0.2) is 36.1 Å². The molecule has 0 saturated heterocycles. The van der Waals surface area contributed by atoms with Crippen LogP contribution in [0.5, 0.6) is 5.75 Å². The smallest absolute Gasteiger partial charge is 0.196 e. The van der Waals surface area contributed by atoms with Crippen molar-refractivity contribution in [2.75, 3.05) is 6.61 Å². The molecule has 0 unspecified atom stereocenters. The molecule has 7 nitrogen and oxygen atoms in total. The highest BCUT2D eigenvalue weighted by atomic mass is 32.2. The molecule has 0 bridgehead atoms. The molecule has 0 saturated carbocycles. The minimum absolute atomic E-state index is 0.639. The van der Waals surface area contributed by atoms with Crippen LogP contribution in [-0.2, 0) is 12.3 Å². The number of hydrogen-bond donors (Lipinski definition) is 0. The van der Waals surface area contributed by atoms with Crippen molar-refractivity contribution in [2.24, 2.45) is 0 Å². The van der Waals surface area contributed by atoms with Gasteiger partial charge >= 0.3 is 0 Å². The van der Waals surface area contributed by atoms with Crippen LogP contribution in [0, 0.1) is 6.92 Å². The van der Waals surface area contributed by atoms with Crippen molar-refractivity contribution in [3.05, 3.63) is 66.2 Å². The lowest BCUT2D eigenvalue weighted by Crippen LogP contribution is -2.04. The van der Waals surface area contributed by atoms with Gasteiger partial charge in [-0.05, 0) is 45.0 Å². The van der Waals surface area contributed by atoms with Gasteiger partial charge in [-0.3, -0.25) is 4.57 Å². The molecule has 4 rings (SSSR count). The van der Waals surface area contributed by atoms with Crippen LogP contribution < -0.4 is 4.74 Å². The number of ether oxygens (including phenoxy) is 1. The molecule has 0 spiro atoms. The molecule has 0 aliphatic rings. The average molecular weight is 421 g/mol. The molecule has 8 heteroatoms. The van der Waals surface area contributed by atoms with E-state index in [0.29, 0.717) is 12.4 Å². The standard InChI is InChI=1S/C22H24N6OS/c1-4-27-16(3)23-24-20(27)15-30-22-26-25-21(17-9-7-6-8-10-17)28(22)18-11-13-19(14-12-18)29-5-2/h6-14H,4-5,15H2,1-3H3. The summed E-state index contributed by atoms with van der Waals surface area (Å²) in [6.07, 6.45) is 0. The van der Waals surface area contributed by atoms with E-state index in [9.17, 15) is 0 Å². The second kappa shape index (κ2) is 9.13. The monoisotopic (exact) mass is 420 g/mol. The van der Waals surface area contributed by atoms with E-state index in [-0.39, 0.29) is 0 Å². The van der Waals surface area contributed by atoms with Crippen LogP contribution in [0.3, 0.4) is 0 Å². The minimum Gasteiger partial charge on any atom is -0.494 e. The molecule has 2 aromatic carbocycles. The Morgan fingerprint density at radius 3 is 2.37 bits per heavy atom. The van der Waals surface area contributed by atoms with Gasteiger partial charge in [0.05, 0.1) is 12.4 Å². The molecule has 30 heavy (non-hydrogen) atoms. The summed E-state index contributed by atoms with van der Waals surface area (Å²) in [4.78, 5) is 0. The van der Waals surface area contributed by atoms with E-state index in [1.165, 1.54) is 0 Å². The van der Waals surface area contributed by atoms with Gasteiger partial charge in [-0.25, -0.2) is 0 Å². The first-order valence-corrected chi connectivity index (χ1v) is 10.9. The Kier molecular flexibility index (Phi) is 6.13. The van der Waals surface area contributed by atoms with Crippen LogP contribution >= 0.6 is 11.8 Å². The van der Waals surface area contributed by atoms with Crippen molar-refractivity contribution < 1.29 is 4.74 Å². The van der Waals surface area contributed by atoms with E-state index in [1.807, 2.05) is 68.4 Å². The van der Waals surface area contributed by atoms with Gasteiger partial charge in [0.15, 0.2) is 11.0 Å². The van der Waals surface area contributed by atoms with Crippen LogP contribution in [0.25, 0.3) is 17.1 Å². The first-order valence-electron chi connectivity index (χ1n) is 9.96. The summed E-state index contributed by atoms with van der Waals surface area (Å²) in [7, 11) is 0. The lowest BCUT2D eigenvalue weighted by molar-refractivity contribution is 0.340. The van der Waals surface area contributed by atoms with Gasteiger partial charge in [-0.2, -0.15) is 0 Å². The van der Waals surface area contributed by atoms with Gasteiger partial charge in [-0.1, -0.05) is 42.1 Å². The summed E-state index contributed by atoms with van der Waals surface area (Å²) < 4.78 is 9.79. The number of rotatable bonds is 8. The van der Waals surface area contributed by atoms with Crippen molar-refractivity contribution in [1.82, 2.24) is 29.5 Å². The fourth-order valence-electron chi connectivity index (χ4n) is 3.30. The third-order valence-corrected chi connectivity index (χ3v) is 5.66. The number of hydrogen-bond acceptors (Lipinski definition) is 6. The van der Waals surface area contributed by atoms with Crippen LogP contribution in [0.1, 0.15) is 25.5 Å². The highest BCUT2D eigenvalue weighted by Gasteiger charge is 2.17. The molecule has 2 heterocycles. The molecule has 0 N–H and O–H groups in total. The summed E-state index contributed by atoms with van der Waals surface area (Å²) >= 11 is 1.60. The predicted molar refractivity (Wildman–Crippen MR) is 118 cm³/mol. The van der Waals surface area contributed by atoms with E-state index < -0.39 is 0 Å². The van der Waals surface area contributed by atoms with Crippen molar-refractivity contribution in [3.63, 3.8) is 0 Å². The molecular formula is C22H24N6OS. The quantitative estimate of drug-likeness (QED) is 0.390. The molecule has 0 aliphatic heterocycles. The van der Waals surface area contributed by atoms with Crippen LogP contribution in [0.2, 0.25) is 0 Å². The van der Waals surface area contributed by atoms with Crippen molar-refractivity contribution in [1.29, 1.82) is 0 Å². The number of aryl methyl sites for hydroxylation is 1. The van der Waals surface area contributed by atoms with Crippen LogP contribution in [0.4, 0.5) is 0 Å². The first-order chi connectivity index (χ1) is 14.7. The Labute approximate surface area is 180 Å². The molecule has 2 aromatic heterocycles. The van der Waals surface area contributed by atoms with E-state index in [4.69, 9.17) is 4.74 Å². The normalized spacial score (nSPS) is 11.0. The Hall–Kier alpha value is -3.13. The third-order valence-electron chi connectivity index (χ3n) is 4.73.